The van der Waals surface area contributed by atoms with E-state index in [4.69, 9.17) is 0 Å². The van der Waals surface area contributed by atoms with Crippen LogP contribution in [0.15, 0.2) is 24.0 Å². The van der Waals surface area contributed by atoms with Crippen molar-refractivity contribution < 1.29 is 88.5 Å². The SMILES string of the molecule is FC(F)=C(F)OC(F)(F)C(F)(F)C(F)(F)C(F)(F)C(F)(F)OC(F)(F)C(F)=C(F)F. The molecule has 0 heterocycles. The first-order valence-electron chi connectivity index (χ1n) is 5.97. The van der Waals surface area contributed by atoms with Crippen molar-refractivity contribution in [3.63, 3.8) is 0 Å². The maximum absolute atomic E-state index is 13.1. The van der Waals surface area contributed by atoms with Gasteiger partial charge in [0.25, 0.3) is 5.83 Å². The third kappa shape index (κ3) is 4.66. The van der Waals surface area contributed by atoms with Gasteiger partial charge in [-0.15, -0.1) is 0 Å². The van der Waals surface area contributed by atoms with E-state index in [1.54, 1.807) is 4.74 Å². The molecule has 0 spiro atoms. The van der Waals surface area contributed by atoms with E-state index in [0.717, 1.165) is 0 Å². The second-order valence-corrected chi connectivity index (χ2v) is 4.59. The highest BCUT2D eigenvalue weighted by Gasteiger charge is 2.89. The summed E-state index contributed by atoms with van der Waals surface area (Å²) in [5, 5.41) is 0. The number of hydrogen-bond donors (Lipinski definition) is 0. The van der Waals surface area contributed by atoms with E-state index in [9.17, 15) is 79.0 Å². The van der Waals surface area contributed by atoms with Crippen LogP contribution in [0.5, 0.6) is 0 Å². The zero-order chi connectivity index (χ0) is 24.7. The van der Waals surface area contributed by atoms with Gasteiger partial charge in [-0.05, 0) is 0 Å². The lowest BCUT2D eigenvalue weighted by molar-refractivity contribution is -0.491. The topological polar surface area (TPSA) is 18.5 Å². The van der Waals surface area contributed by atoms with E-state index in [0.29, 0.717) is 0 Å². The Hall–Kier alpha value is -2.02. The highest BCUT2D eigenvalue weighted by Crippen LogP contribution is 2.58. The van der Waals surface area contributed by atoms with Gasteiger partial charge in [-0.2, -0.15) is 79.0 Å². The minimum atomic E-state index is -8.33. The standard InChI is InChI=1S/C10F18O2/c11-1(2(12)13)5(17,18)30-10(27,28)8(23,24)6(19,20)7(21,22)9(25,26)29-4(16)3(14)15. The molecule has 0 radical (unpaired) electrons. The minimum Gasteiger partial charge on any atom is -0.397 e. The molecular weight excluding hydrogens is 494 g/mol. The summed E-state index contributed by atoms with van der Waals surface area (Å²) < 4.78 is 229. The molecule has 0 aromatic heterocycles. The first-order valence-corrected chi connectivity index (χ1v) is 5.97. The van der Waals surface area contributed by atoms with Crippen LogP contribution < -0.4 is 0 Å². The Balaban J connectivity index is 6.33. The summed E-state index contributed by atoms with van der Waals surface area (Å²) in [4.78, 5) is 0. The Bertz CT molecular complexity index is 698. The van der Waals surface area contributed by atoms with Gasteiger partial charge in [0.2, 0.25) is 0 Å². The first-order chi connectivity index (χ1) is 12.9. The van der Waals surface area contributed by atoms with Crippen LogP contribution in [0.3, 0.4) is 0 Å². The molecule has 0 saturated heterocycles. The Kier molecular flexibility index (Phi) is 7.38. The van der Waals surface area contributed by atoms with Gasteiger partial charge in [-0.1, -0.05) is 0 Å². The minimum absolute atomic E-state index is 1.39. The Morgan fingerprint density at radius 3 is 1.17 bits per heavy atom. The van der Waals surface area contributed by atoms with E-state index < -0.39 is 60.1 Å². The Labute approximate surface area is 150 Å². The van der Waals surface area contributed by atoms with Crippen molar-refractivity contribution >= 4 is 0 Å². The number of halogens is 18. The first kappa shape index (κ1) is 28.0. The number of hydrogen-bond acceptors (Lipinski definition) is 2. The molecule has 2 nitrogen and oxygen atoms in total. The molecule has 0 aliphatic carbocycles. The Morgan fingerprint density at radius 2 is 0.833 bits per heavy atom. The highest BCUT2D eigenvalue weighted by atomic mass is 19.4. The average molecular weight is 494 g/mol. The van der Waals surface area contributed by atoms with Gasteiger partial charge in [0.15, 0.2) is 0 Å². The van der Waals surface area contributed by atoms with Crippen molar-refractivity contribution in [3.8, 4) is 0 Å². The molecule has 0 bridgehead atoms. The van der Waals surface area contributed by atoms with Crippen LogP contribution in [0, 0.1) is 0 Å². The summed E-state index contributed by atoms with van der Waals surface area (Å²) in [7, 11) is 0. The quantitative estimate of drug-likeness (QED) is 0.259. The van der Waals surface area contributed by atoms with E-state index in [1.165, 1.54) is 4.74 Å². The Morgan fingerprint density at radius 1 is 0.467 bits per heavy atom. The lowest BCUT2D eigenvalue weighted by Gasteiger charge is -2.38. The van der Waals surface area contributed by atoms with Crippen LogP contribution in [0.25, 0.3) is 0 Å². The number of alkyl halides is 12. The number of ether oxygens (including phenoxy) is 2. The maximum atomic E-state index is 13.1. The molecule has 0 atom stereocenters. The van der Waals surface area contributed by atoms with Crippen molar-refractivity contribution in [2.24, 2.45) is 0 Å². The molecule has 20 heteroatoms. The average Bonchev–Trinajstić information content (AvgIpc) is 2.51. The largest absolute Gasteiger partial charge is 0.472 e. The molecule has 0 aromatic rings. The van der Waals surface area contributed by atoms with Gasteiger partial charge in [-0.25, -0.2) is 4.74 Å². The predicted molar refractivity (Wildman–Crippen MR) is 52.6 cm³/mol. The van der Waals surface area contributed by atoms with E-state index in [-0.39, 0.29) is 0 Å². The number of rotatable bonds is 9. The van der Waals surface area contributed by atoms with Crippen molar-refractivity contribution in [3.05, 3.63) is 24.0 Å². The molecule has 0 amide bonds. The molecule has 0 unspecified atom stereocenters. The van der Waals surface area contributed by atoms with Crippen molar-refractivity contribution in [1.82, 2.24) is 0 Å². The molecule has 0 rings (SSSR count). The maximum Gasteiger partial charge on any atom is 0.472 e. The third-order valence-electron chi connectivity index (χ3n) is 2.56. The molecule has 0 aliphatic heterocycles. The van der Waals surface area contributed by atoms with Crippen LogP contribution in [0.1, 0.15) is 0 Å². The third-order valence-corrected chi connectivity index (χ3v) is 2.56. The van der Waals surface area contributed by atoms with Gasteiger partial charge in [-0.3, -0.25) is 0 Å². The summed E-state index contributed by atoms with van der Waals surface area (Å²) in [6, 6.07) is -4.07. The second kappa shape index (κ2) is 7.91. The summed E-state index contributed by atoms with van der Waals surface area (Å²) in [5.74, 6) is -29.1. The second-order valence-electron chi connectivity index (χ2n) is 4.59. The summed E-state index contributed by atoms with van der Waals surface area (Å²) in [5.41, 5.74) is 0. The lowest BCUT2D eigenvalue weighted by Crippen LogP contribution is -2.68. The predicted octanol–water partition coefficient (Wildman–Crippen LogP) is 6.82. The van der Waals surface area contributed by atoms with Gasteiger partial charge < -0.3 is 4.74 Å². The summed E-state index contributed by atoms with van der Waals surface area (Å²) in [6.07, 6.45) is -30.5. The lowest BCUT2D eigenvalue weighted by atomic mass is 10.0. The van der Waals surface area contributed by atoms with Crippen molar-refractivity contribution in [2.75, 3.05) is 0 Å². The monoisotopic (exact) mass is 494 g/mol. The van der Waals surface area contributed by atoms with Crippen molar-refractivity contribution in [2.45, 2.75) is 36.1 Å². The molecule has 0 fully saturated rings. The molecular formula is C10F18O2. The smallest absolute Gasteiger partial charge is 0.397 e. The molecule has 0 saturated carbocycles. The van der Waals surface area contributed by atoms with Crippen LogP contribution in [0.2, 0.25) is 0 Å². The fraction of sp³-hybridized carbons (Fsp3) is 0.600. The van der Waals surface area contributed by atoms with E-state index in [1.807, 2.05) is 0 Å². The molecule has 0 aromatic carbocycles. The molecule has 0 N–H and O–H groups in total. The van der Waals surface area contributed by atoms with Crippen LogP contribution in [0.4, 0.5) is 79.0 Å². The van der Waals surface area contributed by atoms with Gasteiger partial charge >= 0.3 is 54.3 Å². The summed E-state index contributed by atoms with van der Waals surface area (Å²) >= 11 is 0. The van der Waals surface area contributed by atoms with E-state index in [2.05, 4.69) is 0 Å². The molecule has 0 aliphatic rings. The summed E-state index contributed by atoms with van der Waals surface area (Å²) in [6.45, 7) is 0. The normalized spacial score (nSPS) is 14.5. The fourth-order valence-electron chi connectivity index (χ4n) is 1.16. The van der Waals surface area contributed by atoms with Crippen LogP contribution in [-0.4, -0.2) is 36.1 Å². The zero-order valence-corrected chi connectivity index (χ0v) is 12.6. The van der Waals surface area contributed by atoms with E-state index >= 15 is 0 Å². The fourth-order valence-corrected chi connectivity index (χ4v) is 1.16. The van der Waals surface area contributed by atoms with Gasteiger partial charge in [0.05, 0.1) is 0 Å². The van der Waals surface area contributed by atoms with Crippen LogP contribution >= 0.6 is 0 Å². The van der Waals surface area contributed by atoms with Crippen LogP contribution in [-0.2, 0) is 9.47 Å². The molecule has 30 heavy (non-hydrogen) atoms. The highest BCUT2D eigenvalue weighted by molar-refractivity contribution is 5.07. The van der Waals surface area contributed by atoms with Gasteiger partial charge in [0, 0.05) is 0 Å². The molecule has 178 valence electrons. The zero-order valence-electron chi connectivity index (χ0n) is 12.6. The van der Waals surface area contributed by atoms with Gasteiger partial charge in [0.1, 0.15) is 0 Å². The van der Waals surface area contributed by atoms with Crippen molar-refractivity contribution in [1.29, 1.82) is 0 Å².